The number of ether oxygens (including phenoxy) is 2. The second-order valence-electron chi connectivity index (χ2n) is 9.12. The Hall–Kier alpha value is -1.26. The molecule has 0 aromatic heterocycles. The predicted octanol–water partition coefficient (Wildman–Crippen LogP) is 2.98. The zero-order chi connectivity index (χ0) is 25.0. The molecule has 4 atom stereocenters. The van der Waals surface area contributed by atoms with Gasteiger partial charge in [0.15, 0.2) is 0 Å². The van der Waals surface area contributed by atoms with Gasteiger partial charge in [0.2, 0.25) is 15.9 Å². The number of amides is 1. The van der Waals surface area contributed by atoms with Gasteiger partial charge < -0.3 is 19.9 Å². The lowest BCUT2D eigenvalue weighted by Gasteiger charge is -2.31. The number of rotatable bonds is 16. The molecule has 0 aromatic rings. The van der Waals surface area contributed by atoms with Crippen LogP contribution in [0.4, 0.5) is 0 Å². The number of nitrogens with zero attached hydrogens (tertiary/aromatic N) is 1. The monoisotopic (exact) mass is 488 g/mol. The molecule has 33 heavy (non-hydrogen) atoms. The molecule has 1 saturated heterocycles. The first-order valence-corrected chi connectivity index (χ1v) is 13.5. The number of carbonyl (C=O) groups excluding carboxylic acids is 1. The van der Waals surface area contributed by atoms with Crippen molar-refractivity contribution in [2.24, 2.45) is 5.92 Å². The van der Waals surface area contributed by atoms with Crippen molar-refractivity contribution in [2.45, 2.75) is 91.1 Å². The molecule has 192 valence electrons. The Morgan fingerprint density at radius 3 is 2.55 bits per heavy atom. The van der Waals surface area contributed by atoms with E-state index in [1.165, 1.54) is 10.4 Å². The number of hydrogen-bond donors (Lipinski definition) is 2. The molecule has 0 spiro atoms. The highest BCUT2D eigenvalue weighted by Gasteiger charge is 2.32. The molecule has 9 heteroatoms. The van der Waals surface area contributed by atoms with Gasteiger partial charge in [-0.15, -0.1) is 0 Å². The van der Waals surface area contributed by atoms with E-state index in [0.717, 1.165) is 25.7 Å². The van der Waals surface area contributed by atoms with Gasteiger partial charge in [0.1, 0.15) is 6.10 Å². The van der Waals surface area contributed by atoms with Gasteiger partial charge in [0.05, 0.1) is 29.8 Å². The summed E-state index contributed by atoms with van der Waals surface area (Å²) in [6.45, 7) is 14.2. The minimum atomic E-state index is -3.83. The predicted molar refractivity (Wildman–Crippen MR) is 131 cm³/mol. The molecule has 1 aliphatic heterocycles. The van der Waals surface area contributed by atoms with Gasteiger partial charge in [-0.2, -0.15) is 4.31 Å². The summed E-state index contributed by atoms with van der Waals surface area (Å²) in [5.74, 6) is -0.264. The number of allylic oxidation sites excluding steroid dienone is 2. The molecule has 1 fully saturated rings. The molecule has 1 amide bonds. The molecular formula is C24H44N2O6S. The average Bonchev–Trinajstić information content (AvgIpc) is 3.25. The van der Waals surface area contributed by atoms with Crippen LogP contribution < -0.4 is 5.32 Å². The molecule has 1 rings (SSSR count). The Bertz CT molecular complexity index is 731. The van der Waals surface area contributed by atoms with Crippen LogP contribution in [0.25, 0.3) is 0 Å². The number of carbonyl (C=O) groups is 1. The molecule has 1 aliphatic rings. The number of sulfonamides is 1. The van der Waals surface area contributed by atoms with Crippen LogP contribution in [0.5, 0.6) is 0 Å². The summed E-state index contributed by atoms with van der Waals surface area (Å²) in [5.41, 5.74) is 0. The van der Waals surface area contributed by atoms with Crippen LogP contribution >= 0.6 is 0 Å². The van der Waals surface area contributed by atoms with Crippen LogP contribution in [0.2, 0.25) is 0 Å². The first kappa shape index (κ1) is 29.8. The van der Waals surface area contributed by atoms with Crippen LogP contribution in [-0.4, -0.2) is 74.4 Å². The van der Waals surface area contributed by atoms with Gasteiger partial charge in [-0.1, -0.05) is 52.7 Å². The number of hydrogen-bond acceptors (Lipinski definition) is 6. The van der Waals surface area contributed by atoms with Crippen LogP contribution in [0, 0.1) is 5.92 Å². The first-order chi connectivity index (χ1) is 15.5. The maximum atomic E-state index is 13.0. The van der Waals surface area contributed by atoms with Crippen molar-refractivity contribution >= 4 is 15.9 Å². The third-order valence-corrected chi connectivity index (χ3v) is 7.32. The van der Waals surface area contributed by atoms with Crippen molar-refractivity contribution in [3.63, 3.8) is 0 Å². The Balaban J connectivity index is 2.95. The van der Waals surface area contributed by atoms with E-state index in [9.17, 15) is 18.3 Å². The summed E-state index contributed by atoms with van der Waals surface area (Å²) in [7, 11) is -3.83. The zero-order valence-corrected chi connectivity index (χ0v) is 21.8. The molecule has 8 nitrogen and oxygen atoms in total. The smallest absolute Gasteiger partial charge is 0.249 e. The van der Waals surface area contributed by atoms with E-state index in [4.69, 9.17) is 9.47 Å². The van der Waals surface area contributed by atoms with E-state index in [-0.39, 0.29) is 35.9 Å². The van der Waals surface area contributed by atoms with E-state index >= 15 is 0 Å². The highest BCUT2D eigenvalue weighted by Crippen LogP contribution is 2.18. The lowest BCUT2D eigenvalue weighted by atomic mass is 10.0. The van der Waals surface area contributed by atoms with E-state index in [0.29, 0.717) is 19.6 Å². The Labute approximate surface area is 200 Å². The molecule has 0 bridgehead atoms. The lowest BCUT2D eigenvalue weighted by molar-refractivity contribution is -0.137. The molecule has 0 saturated carbocycles. The third-order valence-electron chi connectivity index (χ3n) is 5.55. The Morgan fingerprint density at radius 1 is 1.30 bits per heavy atom. The van der Waals surface area contributed by atoms with E-state index in [1.807, 2.05) is 13.8 Å². The van der Waals surface area contributed by atoms with Crippen LogP contribution in [0.1, 0.15) is 66.7 Å². The van der Waals surface area contributed by atoms with Crippen molar-refractivity contribution < 1.29 is 27.8 Å². The summed E-state index contributed by atoms with van der Waals surface area (Å²) in [6, 6.07) is -0.588. The van der Waals surface area contributed by atoms with E-state index in [1.54, 1.807) is 19.9 Å². The number of unbranched alkanes of at least 4 members (excludes halogenated alkanes) is 2. The summed E-state index contributed by atoms with van der Waals surface area (Å²) >= 11 is 0. The van der Waals surface area contributed by atoms with E-state index < -0.39 is 28.3 Å². The molecule has 4 unspecified atom stereocenters. The second-order valence-corrected chi connectivity index (χ2v) is 11.1. The SMILES string of the molecule is C=C(C=CC)S(=O)(=O)N(CC(C)C)CC(O)C(CCCCC)NC(=O)C(C)OC1CCOC1. The largest absolute Gasteiger partial charge is 0.390 e. The van der Waals surface area contributed by atoms with Crippen molar-refractivity contribution in [1.82, 2.24) is 9.62 Å². The molecule has 1 heterocycles. The highest BCUT2D eigenvalue weighted by atomic mass is 32.2. The van der Waals surface area contributed by atoms with Gasteiger partial charge in [0.25, 0.3) is 0 Å². The minimum absolute atomic E-state index is 0.0229. The maximum Gasteiger partial charge on any atom is 0.249 e. The third kappa shape index (κ3) is 10.3. The van der Waals surface area contributed by atoms with E-state index in [2.05, 4.69) is 18.8 Å². The fourth-order valence-electron chi connectivity index (χ4n) is 3.70. The molecule has 0 radical (unpaired) electrons. The quantitative estimate of drug-likeness (QED) is 0.256. The molecular weight excluding hydrogens is 444 g/mol. The van der Waals surface area contributed by atoms with Gasteiger partial charge in [-0.3, -0.25) is 4.79 Å². The van der Waals surface area contributed by atoms with Crippen LogP contribution in [0.15, 0.2) is 23.6 Å². The Kier molecular flexibility index (Phi) is 13.4. The summed E-state index contributed by atoms with van der Waals surface area (Å²) in [5, 5.41) is 14.0. The first-order valence-electron chi connectivity index (χ1n) is 12.1. The van der Waals surface area contributed by atoms with Crippen molar-refractivity contribution in [2.75, 3.05) is 26.3 Å². The average molecular weight is 489 g/mol. The molecule has 0 aromatic carbocycles. The van der Waals surface area contributed by atoms with Crippen molar-refractivity contribution in [3.8, 4) is 0 Å². The molecule has 2 N–H and O–H groups in total. The van der Waals surface area contributed by atoms with Crippen LogP contribution in [-0.2, 0) is 24.3 Å². The fraction of sp³-hybridized carbons (Fsp3) is 0.792. The summed E-state index contributed by atoms with van der Waals surface area (Å²) in [4.78, 5) is 12.8. The van der Waals surface area contributed by atoms with Crippen molar-refractivity contribution in [1.29, 1.82) is 0 Å². The fourth-order valence-corrected chi connectivity index (χ4v) is 5.18. The van der Waals surface area contributed by atoms with Gasteiger partial charge in [0, 0.05) is 19.7 Å². The summed E-state index contributed by atoms with van der Waals surface area (Å²) in [6.07, 6.45) is 5.25. The normalized spacial score (nSPS) is 19.8. The lowest BCUT2D eigenvalue weighted by Crippen LogP contribution is -2.52. The van der Waals surface area contributed by atoms with Crippen LogP contribution in [0.3, 0.4) is 0 Å². The van der Waals surface area contributed by atoms with Gasteiger partial charge in [-0.05, 0) is 38.7 Å². The number of aliphatic hydroxyl groups excluding tert-OH is 1. The molecule has 0 aliphatic carbocycles. The second kappa shape index (κ2) is 14.9. The van der Waals surface area contributed by atoms with Crippen molar-refractivity contribution in [3.05, 3.63) is 23.6 Å². The number of aliphatic hydroxyl groups is 1. The van der Waals surface area contributed by atoms with Gasteiger partial charge in [-0.25, -0.2) is 8.42 Å². The Morgan fingerprint density at radius 2 is 2.00 bits per heavy atom. The highest BCUT2D eigenvalue weighted by molar-refractivity contribution is 7.93. The topological polar surface area (TPSA) is 105 Å². The zero-order valence-electron chi connectivity index (χ0n) is 21.0. The minimum Gasteiger partial charge on any atom is -0.390 e. The standard InChI is InChI=1S/C24H44N2O6S/c1-7-9-10-12-22(25-24(28)20(6)32-21-13-14-31-17-21)23(27)16-26(15-18(3)4)33(29,30)19(5)11-8-2/h8,11,18,20-23,27H,5,7,9-10,12-17H2,1-4,6H3,(H,25,28). The van der Waals surface area contributed by atoms with Gasteiger partial charge >= 0.3 is 0 Å². The number of nitrogens with one attached hydrogen (secondary N) is 1. The maximum absolute atomic E-state index is 13.0. The summed E-state index contributed by atoms with van der Waals surface area (Å²) < 4.78 is 38.4.